The van der Waals surface area contributed by atoms with E-state index in [1.807, 2.05) is 0 Å². The van der Waals surface area contributed by atoms with E-state index in [2.05, 4.69) is 14.9 Å². The van der Waals surface area contributed by atoms with Gasteiger partial charge in [0.25, 0.3) is 0 Å². The summed E-state index contributed by atoms with van der Waals surface area (Å²) in [5.74, 6) is -0.0110. The van der Waals surface area contributed by atoms with Gasteiger partial charge in [-0.15, -0.1) is 0 Å². The van der Waals surface area contributed by atoms with Crippen LogP contribution in [0.15, 0.2) is 23.1 Å². The van der Waals surface area contributed by atoms with Gasteiger partial charge in [-0.3, -0.25) is 4.79 Å². The molecule has 2 N–H and O–H groups in total. The first-order chi connectivity index (χ1) is 11.0. The molecule has 0 aromatic heterocycles. The van der Waals surface area contributed by atoms with Crippen molar-refractivity contribution in [3.63, 3.8) is 0 Å². The zero-order valence-electron chi connectivity index (χ0n) is 13.2. The van der Waals surface area contributed by atoms with Gasteiger partial charge in [0.1, 0.15) is 0 Å². The maximum Gasteiger partial charge on any atom is 0.240 e. The largest absolute Gasteiger partial charge is 0.326 e. The quantitative estimate of drug-likeness (QED) is 0.850. The Morgan fingerprint density at radius 3 is 2.70 bits per heavy atom. The fourth-order valence-electron chi connectivity index (χ4n) is 3.15. The van der Waals surface area contributed by atoms with Crippen molar-refractivity contribution in [2.75, 3.05) is 31.5 Å². The molecule has 2 aliphatic heterocycles. The molecule has 23 heavy (non-hydrogen) atoms. The third-order valence-electron chi connectivity index (χ3n) is 4.43. The highest BCUT2D eigenvalue weighted by molar-refractivity contribution is 7.89. The summed E-state index contributed by atoms with van der Waals surface area (Å²) in [5.41, 5.74) is 1.61. The van der Waals surface area contributed by atoms with Gasteiger partial charge in [-0.25, -0.2) is 13.1 Å². The van der Waals surface area contributed by atoms with Crippen molar-refractivity contribution >= 4 is 21.6 Å². The average Bonchev–Trinajstić information content (AvgIpc) is 2.94. The minimum atomic E-state index is -3.50. The maximum absolute atomic E-state index is 12.4. The van der Waals surface area contributed by atoms with E-state index in [-0.39, 0.29) is 10.8 Å². The van der Waals surface area contributed by atoms with Crippen molar-refractivity contribution in [1.82, 2.24) is 9.62 Å². The fourth-order valence-corrected chi connectivity index (χ4v) is 4.22. The minimum absolute atomic E-state index is 0.0110. The minimum Gasteiger partial charge on any atom is -0.326 e. The Kier molecular flexibility index (Phi) is 4.99. The number of hydrogen-bond acceptors (Lipinski definition) is 4. The summed E-state index contributed by atoms with van der Waals surface area (Å²) in [5, 5.41) is 2.82. The normalized spacial score (nSPS) is 19.2. The summed E-state index contributed by atoms with van der Waals surface area (Å²) in [6, 6.07) is 4.93. The van der Waals surface area contributed by atoms with Crippen molar-refractivity contribution in [2.45, 2.75) is 37.0 Å². The molecule has 1 aromatic carbocycles. The number of carbonyl (C=O) groups excluding carboxylic acids is 1. The van der Waals surface area contributed by atoms with Crippen LogP contribution in [-0.2, 0) is 21.2 Å². The molecule has 3 rings (SSSR count). The molecule has 0 radical (unpaired) electrons. The summed E-state index contributed by atoms with van der Waals surface area (Å²) in [4.78, 5) is 14.1. The summed E-state index contributed by atoms with van der Waals surface area (Å²) in [6.45, 7) is 3.29. The highest BCUT2D eigenvalue weighted by Crippen LogP contribution is 2.25. The molecule has 1 saturated heterocycles. The van der Waals surface area contributed by atoms with Crippen LogP contribution in [0.2, 0.25) is 0 Å². The van der Waals surface area contributed by atoms with Crippen LogP contribution in [0.25, 0.3) is 0 Å². The number of carbonyl (C=O) groups is 1. The van der Waals surface area contributed by atoms with Gasteiger partial charge in [0, 0.05) is 25.2 Å². The van der Waals surface area contributed by atoms with Gasteiger partial charge < -0.3 is 10.2 Å². The Balaban J connectivity index is 1.67. The summed E-state index contributed by atoms with van der Waals surface area (Å²) in [7, 11) is -3.50. The van der Waals surface area contributed by atoms with Crippen molar-refractivity contribution < 1.29 is 13.2 Å². The lowest BCUT2D eigenvalue weighted by atomic mass is 10.1. The number of hydrogen-bond donors (Lipinski definition) is 2. The monoisotopic (exact) mass is 337 g/mol. The molecule has 0 saturated carbocycles. The Hall–Kier alpha value is -1.44. The van der Waals surface area contributed by atoms with E-state index in [1.54, 1.807) is 18.2 Å². The van der Waals surface area contributed by atoms with Crippen molar-refractivity contribution in [3.8, 4) is 0 Å². The fraction of sp³-hybridized carbons (Fsp3) is 0.562. The van der Waals surface area contributed by atoms with E-state index in [0.29, 0.717) is 19.4 Å². The second-order valence-electron chi connectivity index (χ2n) is 6.17. The van der Waals surface area contributed by atoms with Gasteiger partial charge >= 0.3 is 0 Å². The van der Waals surface area contributed by atoms with E-state index in [0.717, 1.165) is 37.3 Å². The predicted octanol–water partition coefficient (Wildman–Crippen LogP) is 1.34. The van der Waals surface area contributed by atoms with E-state index in [1.165, 1.54) is 12.8 Å². The maximum atomic E-state index is 12.4. The molecular weight excluding hydrogens is 314 g/mol. The number of nitrogens with one attached hydrogen (secondary N) is 2. The van der Waals surface area contributed by atoms with Crippen LogP contribution in [0.1, 0.15) is 31.2 Å². The van der Waals surface area contributed by atoms with Crippen molar-refractivity contribution in [1.29, 1.82) is 0 Å². The van der Waals surface area contributed by atoms with E-state index >= 15 is 0 Å². The van der Waals surface area contributed by atoms with Gasteiger partial charge in [0.15, 0.2) is 0 Å². The Labute approximate surface area is 137 Å². The zero-order valence-corrected chi connectivity index (χ0v) is 14.0. The number of nitrogens with zero attached hydrogens (tertiary/aromatic N) is 1. The molecule has 0 aliphatic carbocycles. The van der Waals surface area contributed by atoms with Gasteiger partial charge in [0.2, 0.25) is 15.9 Å². The van der Waals surface area contributed by atoms with Crippen LogP contribution >= 0.6 is 0 Å². The second-order valence-corrected chi connectivity index (χ2v) is 7.93. The van der Waals surface area contributed by atoms with Crippen LogP contribution in [-0.4, -0.2) is 45.4 Å². The predicted molar refractivity (Wildman–Crippen MR) is 88.9 cm³/mol. The lowest BCUT2D eigenvalue weighted by molar-refractivity contribution is -0.116. The SMILES string of the molecule is O=C1CCCc2cc(S(=O)(=O)NCCN3CCCC3)ccc2N1. The van der Waals surface area contributed by atoms with E-state index in [9.17, 15) is 13.2 Å². The van der Waals surface area contributed by atoms with Gasteiger partial charge in [-0.1, -0.05) is 0 Å². The summed E-state index contributed by atoms with van der Waals surface area (Å²) < 4.78 is 27.5. The zero-order chi connectivity index (χ0) is 16.3. The molecule has 0 atom stereocenters. The molecule has 2 aliphatic rings. The van der Waals surface area contributed by atoms with Crippen LogP contribution in [0.3, 0.4) is 0 Å². The van der Waals surface area contributed by atoms with Gasteiger partial charge in [-0.05, 0) is 62.5 Å². The molecule has 0 unspecified atom stereocenters. The number of anilines is 1. The number of sulfonamides is 1. The molecule has 1 amide bonds. The van der Waals surface area contributed by atoms with Gasteiger partial charge in [-0.2, -0.15) is 0 Å². The third kappa shape index (κ3) is 4.10. The first-order valence-corrected chi connectivity index (χ1v) is 9.68. The average molecular weight is 337 g/mol. The molecule has 2 heterocycles. The lowest BCUT2D eigenvalue weighted by Gasteiger charge is -2.15. The van der Waals surface area contributed by atoms with Crippen LogP contribution in [0.5, 0.6) is 0 Å². The number of benzene rings is 1. The number of fused-ring (bicyclic) bond motifs is 1. The Morgan fingerprint density at radius 1 is 1.13 bits per heavy atom. The number of likely N-dealkylation sites (tertiary alicyclic amines) is 1. The highest BCUT2D eigenvalue weighted by atomic mass is 32.2. The number of aryl methyl sites for hydroxylation is 1. The smallest absolute Gasteiger partial charge is 0.240 e. The second kappa shape index (κ2) is 6.98. The van der Waals surface area contributed by atoms with Crippen LogP contribution in [0, 0.1) is 0 Å². The Bertz CT molecular complexity index is 682. The number of rotatable bonds is 5. The first kappa shape index (κ1) is 16.4. The van der Waals surface area contributed by atoms with Crippen LogP contribution in [0.4, 0.5) is 5.69 Å². The topological polar surface area (TPSA) is 78.5 Å². The first-order valence-electron chi connectivity index (χ1n) is 8.19. The molecule has 6 nitrogen and oxygen atoms in total. The van der Waals surface area contributed by atoms with Crippen molar-refractivity contribution in [3.05, 3.63) is 23.8 Å². The number of amides is 1. The highest BCUT2D eigenvalue weighted by Gasteiger charge is 2.19. The standard InChI is InChI=1S/C16H23N3O3S/c20-16-5-3-4-13-12-14(6-7-15(13)18-16)23(21,22)17-8-11-19-9-1-2-10-19/h6-7,12,17H,1-5,8-11H2,(H,18,20). The molecule has 0 bridgehead atoms. The molecule has 126 valence electrons. The molecule has 7 heteroatoms. The molecule has 1 fully saturated rings. The van der Waals surface area contributed by atoms with Crippen molar-refractivity contribution in [2.24, 2.45) is 0 Å². The summed E-state index contributed by atoms with van der Waals surface area (Å²) >= 11 is 0. The molecular formula is C16H23N3O3S. The third-order valence-corrected chi connectivity index (χ3v) is 5.89. The molecule has 0 spiro atoms. The van der Waals surface area contributed by atoms with E-state index < -0.39 is 10.0 Å². The van der Waals surface area contributed by atoms with E-state index in [4.69, 9.17) is 0 Å². The summed E-state index contributed by atoms with van der Waals surface area (Å²) in [6.07, 6.45) is 4.33. The Morgan fingerprint density at radius 2 is 1.91 bits per heavy atom. The lowest BCUT2D eigenvalue weighted by Crippen LogP contribution is -2.33. The van der Waals surface area contributed by atoms with Crippen LogP contribution < -0.4 is 10.0 Å². The van der Waals surface area contributed by atoms with Gasteiger partial charge in [0.05, 0.1) is 4.90 Å². The molecule has 1 aromatic rings.